The minimum absolute atomic E-state index is 0.267. The maximum absolute atomic E-state index is 12.2. The summed E-state index contributed by atoms with van der Waals surface area (Å²) in [7, 11) is 3.20. The first-order valence-electron chi connectivity index (χ1n) is 6.74. The lowest BCUT2D eigenvalue weighted by molar-refractivity contribution is -0.137. The molecule has 1 aromatic rings. The molecule has 1 fully saturated rings. The second-order valence-corrected chi connectivity index (χ2v) is 4.88. The van der Waals surface area contributed by atoms with Crippen LogP contribution in [0.25, 0.3) is 0 Å². The van der Waals surface area contributed by atoms with Crippen molar-refractivity contribution in [1.29, 1.82) is 0 Å². The van der Waals surface area contributed by atoms with Crippen LogP contribution in [0.4, 0.5) is 4.79 Å². The Balaban J connectivity index is 1.97. The summed E-state index contributed by atoms with van der Waals surface area (Å²) in [6.45, 7) is 1.25. The largest absolute Gasteiger partial charge is 0.444 e. The molecule has 0 radical (unpaired) electrons. The van der Waals surface area contributed by atoms with E-state index in [0.717, 1.165) is 18.4 Å². The number of benzene rings is 1. The molecule has 1 aromatic carbocycles. The Morgan fingerprint density at radius 2 is 2.05 bits per heavy atom. The number of amides is 1. The van der Waals surface area contributed by atoms with E-state index in [4.69, 9.17) is 14.2 Å². The van der Waals surface area contributed by atoms with Crippen LogP contribution in [0.2, 0.25) is 0 Å². The Labute approximate surface area is 119 Å². The van der Waals surface area contributed by atoms with Gasteiger partial charge in [0.1, 0.15) is 6.61 Å². The summed E-state index contributed by atoms with van der Waals surface area (Å²) in [6, 6.07) is 9.62. The smallest absolute Gasteiger partial charge is 0.412 e. The van der Waals surface area contributed by atoms with Crippen LogP contribution in [-0.2, 0) is 20.8 Å². The van der Waals surface area contributed by atoms with Crippen LogP contribution in [0.1, 0.15) is 18.4 Å². The van der Waals surface area contributed by atoms with Crippen LogP contribution < -0.4 is 0 Å². The second-order valence-electron chi connectivity index (χ2n) is 4.88. The predicted octanol–water partition coefficient (Wildman–Crippen LogP) is 2.41. The fourth-order valence-corrected chi connectivity index (χ4v) is 2.55. The number of carbonyl (C=O) groups is 1. The molecule has 110 valence electrons. The zero-order valence-corrected chi connectivity index (χ0v) is 12.0. The van der Waals surface area contributed by atoms with Gasteiger partial charge in [-0.2, -0.15) is 0 Å². The Bertz CT molecular complexity index is 437. The average molecular weight is 279 g/mol. The van der Waals surface area contributed by atoms with Crippen LogP contribution in [0.3, 0.4) is 0 Å². The molecular formula is C15H21NO4. The van der Waals surface area contributed by atoms with Gasteiger partial charge in [0.15, 0.2) is 5.72 Å². The fourth-order valence-electron chi connectivity index (χ4n) is 2.55. The van der Waals surface area contributed by atoms with Gasteiger partial charge in [-0.05, 0) is 18.4 Å². The Morgan fingerprint density at radius 3 is 2.70 bits per heavy atom. The van der Waals surface area contributed by atoms with Crippen molar-refractivity contribution in [3.8, 4) is 0 Å². The zero-order chi connectivity index (χ0) is 14.4. The van der Waals surface area contributed by atoms with E-state index < -0.39 is 5.72 Å². The number of nitrogens with zero attached hydrogens (tertiary/aromatic N) is 1. The highest BCUT2D eigenvalue weighted by Crippen LogP contribution is 2.31. The molecule has 0 aliphatic carbocycles. The van der Waals surface area contributed by atoms with E-state index in [0.29, 0.717) is 13.2 Å². The third-order valence-electron chi connectivity index (χ3n) is 3.62. The molecule has 0 bridgehead atoms. The molecule has 1 aliphatic heterocycles. The molecule has 0 unspecified atom stereocenters. The quantitative estimate of drug-likeness (QED) is 0.830. The van der Waals surface area contributed by atoms with Gasteiger partial charge >= 0.3 is 6.09 Å². The number of hydrogen-bond donors (Lipinski definition) is 0. The molecule has 2 rings (SSSR count). The molecule has 0 spiro atoms. The maximum atomic E-state index is 12.2. The minimum atomic E-state index is -0.692. The summed E-state index contributed by atoms with van der Waals surface area (Å²) >= 11 is 0. The van der Waals surface area contributed by atoms with Crippen molar-refractivity contribution in [1.82, 2.24) is 4.90 Å². The first-order valence-corrected chi connectivity index (χ1v) is 6.74. The molecule has 1 saturated heterocycles. The van der Waals surface area contributed by atoms with Crippen molar-refractivity contribution in [2.45, 2.75) is 25.2 Å². The molecule has 1 atom stereocenters. The molecule has 1 aliphatic rings. The monoisotopic (exact) mass is 279 g/mol. The van der Waals surface area contributed by atoms with Crippen molar-refractivity contribution in [3.63, 3.8) is 0 Å². The van der Waals surface area contributed by atoms with Gasteiger partial charge in [-0.3, -0.25) is 4.90 Å². The summed E-state index contributed by atoms with van der Waals surface area (Å²) in [5.41, 5.74) is 0.275. The topological polar surface area (TPSA) is 48.0 Å². The van der Waals surface area contributed by atoms with E-state index in [9.17, 15) is 4.79 Å². The van der Waals surface area contributed by atoms with Crippen molar-refractivity contribution >= 4 is 6.09 Å². The van der Waals surface area contributed by atoms with Crippen molar-refractivity contribution < 1.29 is 19.0 Å². The lowest BCUT2D eigenvalue weighted by atomic mass is 10.1. The number of rotatable bonds is 5. The van der Waals surface area contributed by atoms with Gasteiger partial charge in [0, 0.05) is 20.8 Å². The number of hydrogen-bond acceptors (Lipinski definition) is 4. The lowest BCUT2D eigenvalue weighted by Gasteiger charge is -2.35. The van der Waals surface area contributed by atoms with Crippen LogP contribution in [0.5, 0.6) is 0 Å². The van der Waals surface area contributed by atoms with Gasteiger partial charge in [-0.15, -0.1) is 0 Å². The maximum Gasteiger partial charge on any atom is 0.412 e. The van der Waals surface area contributed by atoms with Gasteiger partial charge in [0.2, 0.25) is 0 Å². The fraction of sp³-hybridized carbons (Fsp3) is 0.533. The number of methoxy groups -OCH3 is 2. The average Bonchev–Trinajstić information content (AvgIpc) is 2.90. The predicted molar refractivity (Wildman–Crippen MR) is 74.2 cm³/mol. The van der Waals surface area contributed by atoms with Gasteiger partial charge in [-0.1, -0.05) is 30.3 Å². The molecule has 0 saturated carbocycles. The van der Waals surface area contributed by atoms with Gasteiger partial charge < -0.3 is 14.2 Å². The summed E-state index contributed by atoms with van der Waals surface area (Å²) in [5, 5.41) is 0. The summed E-state index contributed by atoms with van der Waals surface area (Å²) in [5.74, 6) is 0. The normalized spacial score (nSPS) is 22.0. The van der Waals surface area contributed by atoms with Gasteiger partial charge in [0.25, 0.3) is 0 Å². The molecule has 1 amide bonds. The first kappa shape index (κ1) is 14.8. The van der Waals surface area contributed by atoms with E-state index >= 15 is 0 Å². The van der Waals surface area contributed by atoms with Crippen LogP contribution >= 0.6 is 0 Å². The molecule has 1 heterocycles. The standard InChI is InChI=1S/C15H21NO4/c1-18-12-15(19-2)9-6-10-16(15)14(17)20-11-13-7-4-3-5-8-13/h3-5,7-8H,6,9-12H2,1-2H3/t15-/m0/s1. The van der Waals surface area contributed by atoms with E-state index in [1.54, 1.807) is 19.1 Å². The molecule has 0 N–H and O–H groups in total. The molecule has 5 heteroatoms. The van der Waals surface area contributed by atoms with Gasteiger partial charge in [-0.25, -0.2) is 4.79 Å². The molecule has 0 aromatic heterocycles. The van der Waals surface area contributed by atoms with E-state index in [2.05, 4.69) is 0 Å². The van der Waals surface area contributed by atoms with E-state index in [1.807, 2.05) is 30.3 Å². The molecule has 20 heavy (non-hydrogen) atoms. The molecular weight excluding hydrogens is 258 g/mol. The van der Waals surface area contributed by atoms with Crippen LogP contribution in [-0.4, -0.2) is 44.1 Å². The third-order valence-corrected chi connectivity index (χ3v) is 3.62. The summed E-state index contributed by atoms with van der Waals surface area (Å²) in [6.07, 6.45) is 1.29. The Hall–Kier alpha value is -1.59. The minimum Gasteiger partial charge on any atom is -0.444 e. The van der Waals surface area contributed by atoms with Crippen LogP contribution in [0, 0.1) is 0 Å². The SMILES string of the molecule is COC[C@@]1(OC)CCCN1C(=O)OCc1ccccc1. The number of likely N-dealkylation sites (tertiary alicyclic amines) is 1. The third kappa shape index (κ3) is 3.11. The first-order chi connectivity index (χ1) is 9.72. The van der Waals surface area contributed by atoms with E-state index in [1.165, 1.54) is 0 Å². The highest BCUT2D eigenvalue weighted by atomic mass is 16.6. The number of ether oxygens (including phenoxy) is 3. The summed E-state index contributed by atoms with van der Waals surface area (Å²) < 4.78 is 16.1. The lowest BCUT2D eigenvalue weighted by Crippen LogP contribution is -2.52. The Kier molecular flexibility index (Phi) is 4.98. The molecule has 5 nitrogen and oxygen atoms in total. The highest BCUT2D eigenvalue weighted by Gasteiger charge is 2.45. The second kappa shape index (κ2) is 6.72. The number of carbonyl (C=O) groups excluding carboxylic acids is 1. The van der Waals surface area contributed by atoms with Crippen molar-refractivity contribution in [3.05, 3.63) is 35.9 Å². The van der Waals surface area contributed by atoms with E-state index in [-0.39, 0.29) is 12.7 Å². The highest BCUT2D eigenvalue weighted by molar-refractivity contribution is 5.69. The Morgan fingerprint density at radius 1 is 1.30 bits per heavy atom. The zero-order valence-electron chi connectivity index (χ0n) is 12.0. The van der Waals surface area contributed by atoms with Crippen molar-refractivity contribution in [2.75, 3.05) is 27.4 Å². The van der Waals surface area contributed by atoms with Crippen molar-refractivity contribution in [2.24, 2.45) is 0 Å². The summed E-state index contributed by atoms with van der Waals surface area (Å²) in [4.78, 5) is 13.9. The van der Waals surface area contributed by atoms with Gasteiger partial charge in [0.05, 0.1) is 6.61 Å². The van der Waals surface area contributed by atoms with Crippen LogP contribution in [0.15, 0.2) is 30.3 Å².